The van der Waals surface area contributed by atoms with Crippen LogP contribution in [0.2, 0.25) is 0 Å². The zero-order valence-electron chi connectivity index (χ0n) is 14.9. The lowest BCUT2D eigenvalue weighted by atomic mass is 10.1. The summed E-state index contributed by atoms with van der Waals surface area (Å²) in [6.45, 7) is 5.45. The molecule has 1 heterocycles. The maximum atomic E-state index is 12.3. The first-order chi connectivity index (χ1) is 11.7. The summed E-state index contributed by atoms with van der Waals surface area (Å²) in [5, 5.41) is 0. The van der Waals surface area contributed by atoms with Gasteiger partial charge in [0.2, 0.25) is 0 Å². The molecule has 0 unspecified atom stereocenters. The number of hydrogen-bond donors (Lipinski definition) is 0. The van der Waals surface area contributed by atoms with E-state index in [1.807, 2.05) is 0 Å². The summed E-state index contributed by atoms with van der Waals surface area (Å²) in [4.78, 5) is 38.0. The van der Waals surface area contributed by atoms with E-state index in [1.54, 1.807) is 51.1 Å². The van der Waals surface area contributed by atoms with Gasteiger partial charge >= 0.3 is 18.0 Å². The third-order valence-corrected chi connectivity index (χ3v) is 3.68. The predicted octanol–water partition coefficient (Wildman–Crippen LogP) is 3.03. The monoisotopic (exact) mass is 365 g/mol. The molecule has 7 heteroatoms. The van der Waals surface area contributed by atoms with Crippen molar-refractivity contribution in [3.63, 3.8) is 0 Å². The van der Waals surface area contributed by atoms with E-state index in [-0.39, 0.29) is 14.0 Å². The van der Waals surface area contributed by atoms with Gasteiger partial charge in [0, 0.05) is 13.0 Å². The number of amides is 1. The third-order valence-electron chi connectivity index (χ3n) is 3.68. The fourth-order valence-electron chi connectivity index (χ4n) is 2.59. The molecule has 0 aromatic heterocycles. The van der Waals surface area contributed by atoms with Crippen LogP contribution in [0.25, 0.3) is 0 Å². The Morgan fingerprint density at radius 2 is 1.73 bits per heavy atom. The summed E-state index contributed by atoms with van der Waals surface area (Å²) < 4.78 is 15.6. The Morgan fingerprint density at radius 1 is 1.12 bits per heavy atom. The van der Waals surface area contributed by atoms with Crippen molar-refractivity contribution in [3.8, 4) is 0 Å². The molecule has 1 aliphatic rings. The minimum Gasteiger partial charge on any atom is -0.467 e. The van der Waals surface area contributed by atoms with Crippen molar-refractivity contribution in [2.75, 3.05) is 13.7 Å². The summed E-state index contributed by atoms with van der Waals surface area (Å²) in [6, 6.07) is 7.44. The molecule has 2 rings (SSSR count). The lowest BCUT2D eigenvalue weighted by Crippen LogP contribution is -2.48. The van der Waals surface area contributed by atoms with Crippen molar-refractivity contribution in [1.82, 2.24) is 4.90 Å². The average Bonchev–Trinajstić information content (AvgIpc) is 2.97. The molecule has 1 aromatic carbocycles. The maximum absolute atomic E-state index is 12.3. The number of nitrogens with zero attached hydrogens (tertiary/aromatic N) is 1. The number of hydrogen-bond acceptors (Lipinski definition) is 6. The fraction of sp³-hybridized carbons (Fsp3) is 0.526. The summed E-state index contributed by atoms with van der Waals surface area (Å²) in [7, 11) is 1.23. The van der Waals surface area contributed by atoms with Crippen LogP contribution < -0.4 is 0 Å². The van der Waals surface area contributed by atoms with Crippen LogP contribution in [-0.4, -0.2) is 54.3 Å². The summed E-state index contributed by atoms with van der Waals surface area (Å²) in [6.07, 6.45) is -1.09. The van der Waals surface area contributed by atoms with Crippen molar-refractivity contribution >= 4 is 18.0 Å². The highest BCUT2D eigenvalue weighted by atomic mass is 16.6. The SMILES string of the molecule is C.COC(=O)[C@@H]1[C@H](OC(=O)c2ccccc2)CCN1C(=O)OC(C)(C)C. The largest absolute Gasteiger partial charge is 0.467 e. The van der Waals surface area contributed by atoms with Crippen molar-refractivity contribution in [1.29, 1.82) is 0 Å². The Morgan fingerprint density at radius 3 is 2.27 bits per heavy atom. The van der Waals surface area contributed by atoms with Gasteiger partial charge in [-0.25, -0.2) is 14.4 Å². The van der Waals surface area contributed by atoms with Gasteiger partial charge in [-0.1, -0.05) is 25.6 Å². The molecule has 7 nitrogen and oxygen atoms in total. The topological polar surface area (TPSA) is 82.1 Å². The second-order valence-electron chi connectivity index (χ2n) is 6.74. The minimum atomic E-state index is -1.02. The molecule has 1 fully saturated rings. The zero-order valence-corrected chi connectivity index (χ0v) is 14.9. The number of carbonyl (C=O) groups excluding carboxylic acids is 3. The van der Waals surface area contributed by atoms with E-state index in [9.17, 15) is 14.4 Å². The summed E-state index contributed by atoms with van der Waals surface area (Å²) in [5.74, 6) is -1.19. The van der Waals surface area contributed by atoms with Gasteiger partial charge in [0.05, 0.1) is 12.7 Å². The molecule has 1 amide bonds. The molecule has 144 valence electrons. The van der Waals surface area contributed by atoms with Crippen molar-refractivity contribution in [2.45, 2.75) is 52.4 Å². The number of ether oxygens (including phenoxy) is 3. The van der Waals surface area contributed by atoms with Crippen LogP contribution in [0.3, 0.4) is 0 Å². The normalized spacial score (nSPS) is 19.3. The second kappa shape index (κ2) is 8.69. The quantitative estimate of drug-likeness (QED) is 0.605. The van der Waals surface area contributed by atoms with E-state index in [0.717, 1.165) is 0 Å². The van der Waals surface area contributed by atoms with E-state index >= 15 is 0 Å². The molecule has 0 spiro atoms. The molecular formula is C19H27NO6. The molecule has 26 heavy (non-hydrogen) atoms. The standard InChI is InChI=1S/C18H23NO6.CH4/c1-18(2,3)25-17(22)19-11-10-13(14(19)16(21)23-4)24-15(20)12-8-6-5-7-9-12;/h5-9,13-14H,10-11H2,1-4H3;1H4/t13-,14+;/m1./s1. The molecule has 0 bridgehead atoms. The highest BCUT2D eigenvalue weighted by Crippen LogP contribution is 2.25. The summed E-state index contributed by atoms with van der Waals surface area (Å²) >= 11 is 0. The van der Waals surface area contributed by atoms with Crippen molar-refractivity contribution in [3.05, 3.63) is 35.9 Å². The fourth-order valence-corrected chi connectivity index (χ4v) is 2.59. The Bertz CT molecular complexity index is 637. The highest BCUT2D eigenvalue weighted by molar-refractivity contribution is 5.90. The van der Waals surface area contributed by atoms with Crippen molar-refractivity contribution in [2.24, 2.45) is 0 Å². The molecule has 1 aromatic rings. The molecular weight excluding hydrogens is 338 g/mol. The number of benzene rings is 1. The van der Waals surface area contributed by atoms with Crippen LogP contribution in [0.4, 0.5) is 4.79 Å². The Kier molecular flexibility index (Phi) is 7.18. The summed E-state index contributed by atoms with van der Waals surface area (Å²) in [5.41, 5.74) is -0.321. The number of esters is 2. The minimum absolute atomic E-state index is 0. The van der Waals surface area contributed by atoms with E-state index in [2.05, 4.69) is 0 Å². The smallest absolute Gasteiger partial charge is 0.411 e. The Hall–Kier alpha value is -2.57. The van der Waals surface area contributed by atoms with Gasteiger partial charge in [-0.05, 0) is 32.9 Å². The van der Waals surface area contributed by atoms with Crippen LogP contribution in [0.5, 0.6) is 0 Å². The molecule has 0 aliphatic carbocycles. The molecule has 1 saturated heterocycles. The number of rotatable bonds is 3. The van der Waals surface area contributed by atoms with E-state index < -0.39 is 35.8 Å². The average molecular weight is 365 g/mol. The van der Waals surface area contributed by atoms with Crippen LogP contribution in [0.15, 0.2) is 30.3 Å². The Balaban J connectivity index is 0.00000338. The lowest BCUT2D eigenvalue weighted by molar-refractivity contribution is -0.148. The lowest BCUT2D eigenvalue weighted by Gasteiger charge is -2.28. The van der Waals surface area contributed by atoms with E-state index in [1.165, 1.54) is 12.0 Å². The van der Waals surface area contributed by atoms with E-state index in [0.29, 0.717) is 12.0 Å². The molecule has 0 radical (unpaired) electrons. The number of likely N-dealkylation sites (tertiary alicyclic amines) is 1. The van der Waals surface area contributed by atoms with Gasteiger partial charge in [0.25, 0.3) is 0 Å². The van der Waals surface area contributed by atoms with Crippen LogP contribution in [-0.2, 0) is 19.0 Å². The second-order valence-corrected chi connectivity index (χ2v) is 6.74. The van der Waals surface area contributed by atoms with Crippen LogP contribution >= 0.6 is 0 Å². The highest BCUT2D eigenvalue weighted by Gasteiger charge is 2.46. The van der Waals surface area contributed by atoms with Gasteiger partial charge in [0.15, 0.2) is 6.04 Å². The van der Waals surface area contributed by atoms with Crippen LogP contribution in [0.1, 0.15) is 45.0 Å². The van der Waals surface area contributed by atoms with Gasteiger partial charge in [-0.2, -0.15) is 0 Å². The Labute approximate surface area is 154 Å². The van der Waals surface area contributed by atoms with Gasteiger partial charge in [-0.3, -0.25) is 4.90 Å². The molecule has 0 N–H and O–H groups in total. The van der Waals surface area contributed by atoms with Crippen molar-refractivity contribution < 1.29 is 28.6 Å². The third kappa shape index (κ3) is 5.21. The van der Waals surface area contributed by atoms with Gasteiger partial charge < -0.3 is 14.2 Å². The maximum Gasteiger partial charge on any atom is 0.411 e. The van der Waals surface area contributed by atoms with Crippen LogP contribution in [0, 0.1) is 0 Å². The van der Waals surface area contributed by atoms with Gasteiger partial charge in [-0.15, -0.1) is 0 Å². The molecule has 1 aliphatic heterocycles. The van der Waals surface area contributed by atoms with E-state index in [4.69, 9.17) is 14.2 Å². The number of carbonyl (C=O) groups is 3. The van der Waals surface area contributed by atoms with Gasteiger partial charge in [0.1, 0.15) is 11.7 Å². The first-order valence-corrected chi connectivity index (χ1v) is 8.06. The first-order valence-electron chi connectivity index (χ1n) is 8.06. The molecule has 0 saturated carbocycles. The zero-order chi connectivity index (χ0) is 18.6. The first kappa shape index (κ1) is 21.5. The number of methoxy groups -OCH3 is 1. The molecule has 2 atom stereocenters. The predicted molar refractivity (Wildman–Crippen MR) is 95.7 cm³/mol.